The van der Waals surface area contributed by atoms with Gasteiger partial charge in [-0.05, 0) is 12.5 Å². The summed E-state index contributed by atoms with van der Waals surface area (Å²) in [4.78, 5) is 0. The molecule has 1 aromatic carbocycles. The van der Waals surface area contributed by atoms with Crippen molar-refractivity contribution in [3.05, 3.63) is 34.9 Å². The molecule has 1 aliphatic rings. The maximum atomic E-state index is 10.4. The lowest BCUT2D eigenvalue weighted by atomic mass is 9.91. The van der Waals surface area contributed by atoms with Gasteiger partial charge in [-0.15, -0.1) is 0 Å². The Morgan fingerprint density at radius 2 is 2.21 bits per heavy atom. The number of hydrogen-bond donors (Lipinski definition) is 1. The fourth-order valence-corrected chi connectivity index (χ4v) is 3.44. The SMILES string of the molecule is CC1CC(O)(c2ccccc2Cl)CS1. The van der Waals surface area contributed by atoms with Crippen LogP contribution in [0.2, 0.25) is 5.02 Å². The molecule has 1 saturated heterocycles. The standard InChI is InChI=1S/C11H13ClOS/c1-8-6-11(13,7-14-8)9-4-2-3-5-10(9)12/h2-5,8,13H,6-7H2,1H3. The van der Waals surface area contributed by atoms with E-state index in [2.05, 4.69) is 6.92 Å². The first-order valence-electron chi connectivity index (χ1n) is 4.71. The molecule has 0 spiro atoms. The molecule has 1 aliphatic heterocycles. The van der Waals surface area contributed by atoms with Crippen LogP contribution in [0.15, 0.2) is 24.3 Å². The molecule has 2 unspecified atom stereocenters. The van der Waals surface area contributed by atoms with Crippen LogP contribution in [0.3, 0.4) is 0 Å². The summed E-state index contributed by atoms with van der Waals surface area (Å²) in [7, 11) is 0. The number of benzene rings is 1. The van der Waals surface area contributed by atoms with Gasteiger partial charge >= 0.3 is 0 Å². The Kier molecular flexibility index (Phi) is 2.78. The molecule has 0 bridgehead atoms. The highest BCUT2D eigenvalue weighted by Gasteiger charge is 2.38. The van der Waals surface area contributed by atoms with E-state index >= 15 is 0 Å². The van der Waals surface area contributed by atoms with E-state index in [-0.39, 0.29) is 0 Å². The zero-order chi connectivity index (χ0) is 10.2. The number of aliphatic hydroxyl groups is 1. The van der Waals surface area contributed by atoms with E-state index in [0.29, 0.717) is 10.3 Å². The highest BCUT2D eigenvalue weighted by atomic mass is 35.5. The Hall–Kier alpha value is -0.180. The van der Waals surface area contributed by atoms with Crippen LogP contribution in [-0.2, 0) is 5.60 Å². The molecule has 1 nitrogen and oxygen atoms in total. The minimum atomic E-state index is -0.720. The van der Waals surface area contributed by atoms with Crippen molar-refractivity contribution in [3.63, 3.8) is 0 Å². The van der Waals surface area contributed by atoms with Crippen LogP contribution in [0, 0.1) is 0 Å². The predicted octanol–water partition coefficient (Wildman–Crippen LogP) is 3.05. The second-order valence-corrected chi connectivity index (χ2v) is 5.67. The third-order valence-corrected chi connectivity index (χ3v) is 4.32. The van der Waals surface area contributed by atoms with Crippen molar-refractivity contribution >= 4 is 23.4 Å². The van der Waals surface area contributed by atoms with Crippen molar-refractivity contribution < 1.29 is 5.11 Å². The van der Waals surface area contributed by atoms with Gasteiger partial charge in [-0.25, -0.2) is 0 Å². The maximum Gasteiger partial charge on any atom is 0.101 e. The minimum absolute atomic E-state index is 0.510. The van der Waals surface area contributed by atoms with Crippen LogP contribution >= 0.6 is 23.4 Å². The van der Waals surface area contributed by atoms with Crippen molar-refractivity contribution in [2.75, 3.05) is 5.75 Å². The molecule has 1 fully saturated rings. The highest BCUT2D eigenvalue weighted by molar-refractivity contribution is 8.00. The lowest BCUT2D eigenvalue weighted by Gasteiger charge is -2.23. The Morgan fingerprint density at radius 3 is 2.79 bits per heavy atom. The second-order valence-electron chi connectivity index (χ2n) is 3.84. The average molecular weight is 229 g/mol. The monoisotopic (exact) mass is 228 g/mol. The fraction of sp³-hybridized carbons (Fsp3) is 0.455. The summed E-state index contributed by atoms with van der Waals surface area (Å²) >= 11 is 7.87. The topological polar surface area (TPSA) is 20.2 Å². The molecule has 1 N–H and O–H groups in total. The molecule has 3 heteroatoms. The number of rotatable bonds is 1. The molecular formula is C11H13ClOS. The summed E-state index contributed by atoms with van der Waals surface area (Å²) in [5, 5.41) is 11.6. The van der Waals surface area contributed by atoms with Gasteiger partial charge in [-0.2, -0.15) is 11.8 Å². The van der Waals surface area contributed by atoms with Crippen LogP contribution in [0.4, 0.5) is 0 Å². The zero-order valence-corrected chi connectivity index (χ0v) is 9.61. The molecule has 0 aromatic heterocycles. The minimum Gasteiger partial charge on any atom is -0.384 e. The molecule has 2 atom stereocenters. The van der Waals surface area contributed by atoms with E-state index in [0.717, 1.165) is 17.7 Å². The maximum absolute atomic E-state index is 10.4. The van der Waals surface area contributed by atoms with E-state index in [1.807, 2.05) is 24.3 Å². The third-order valence-electron chi connectivity index (χ3n) is 2.61. The molecule has 2 rings (SSSR count). The van der Waals surface area contributed by atoms with Crippen molar-refractivity contribution in [1.29, 1.82) is 0 Å². The Bertz CT molecular complexity index is 342. The summed E-state index contributed by atoms with van der Waals surface area (Å²) < 4.78 is 0. The van der Waals surface area contributed by atoms with Gasteiger partial charge < -0.3 is 5.11 Å². The van der Waals surface area contributed by atoms with Crippen LogP contribution in [0.25, 0.3) is 0 Å². The van der Waals surface area contributed by atoms with Crippen LogP contribution < -0.4 is 0 Å². The summed E-state index contributed by atoms with van der Waals surface area (Å²) in [5.74, 6) is 0.748. The van der Waals surface area contributed by atoms with Gasteiger partial charge in [0.15, 0.2) is 0 Å². The Balaban J connectivity index is 2.35. The van der Waals surface area contributed by atoms with E-state index in [1.165, 1.54) is 0 Å². The summed E-state index contributed by atoms with van der Waals surface area (Å²) in [6, 6.07) is 7.57. The van der Waals surface area contributed by atoms with Crippen molar-refractivity contribution in [2.45, 2.75) is 24.2 Å². The summed E-state index contributed by atoms with van der Waals surface area (Å²) in [6.07, 6.45) is 0.793. The van der Waals surface area contributed by atoms with Crippen LogP contribution in [-0.4, -0.2) is 16.1 Å². The molecule has 14 heavy (non-hydrogen) atoms. The van der Waals surface area contributed by atoms with Gasteiger partial charge in [0.25, 0.3) is 0 Å². The van der Waals surface area contributed by atoms with Crippen LogP contribution in [0.5, 0.6) is 0 Å². The zero-order valence-electron chi connectivity index (χ0n) is 8.03. The van der Waals surface area contributed by atoms with Gasteiger partial charge in [-0.3, -0.25) is 0 Å². The van der Waals surface area contributed by atoms with E-state index < -0.39 is 5.60 Å². The number of halogens is 1. The van der Waals surface area contributed by atoms with Gasteiger partial charge in [0.05, 0.1) is 0 Å². The van der Waals surface area contributed by atoms with E-state index in [9.17, 15) is 5.11 Å². The first-order chi connectivity index (χ1) is 6.62. The quantitative estimate of drug-likeness (QED) is 0.798. The van der Waals surface area contributed by atoms with Gasteiger partial charge in [0.2, 0.25) is 0 Å². The molecule has 0 amide bonds. The lowest BCUT2D eigenvalue weighted by molar-refractivity contribution is 0.0613. The van der Waals surface area contributed by atoms with E-state index in [4.69, 9.17) is 11.6 Å². The molecule has 0 radical (unpaired) electrons. The highest BCUT2D eigenvalue weighted by Crippen LogP contribution is 2.43. The lowest BCUT2D eigenvalue weighted by Crippen LogP contribution is -2.25. The normalized spacial score (nSPS) is 32.1. The number of hydrogen-bond acceptors (Lipinski definition) is 2. The molecular weight excluding hydrogens is 216 g/mol. The third kappa shape index (κ3) is 1.79. The van der Waals surface area contributed by atoms with Crippen molar-refractivity contribution in [3.8, 4) is 0 Å². The second kappa shape index (κ2) is 3.76. The number of thioether (sulfide) groups is 1. The summed E-state index contributed by atoms with van der Waals surface area (Å²) in [6.45, 7) is 2.14. The van der Waals surface area contributed by atoms with Crippen molar-refractivity contribution in [1.82, 2.24) is 0 Å². The largest absolute Gasteiger partial charge is 0.384 e. The first-order valence-corrected chi connectivity index (χ1v) is 6.13. The smallest absolute Gasteiger partial charge is 0.101 e. The molecule has 1 heterocycles. The molecule has 1 aromatic rings. The van der Waals surface area contributed by atoms with Crippen molar-refractivity contribution in [2.24, 2.45) is 0 Å². The molecule has 76 valence electrons. The fourth-order valence-electron chi connectivity index (χ4n) is 1.90. The van der Waals surface area contributed by atoms with E-state index in [1.54, 1.807) is 11.8 Å². The van der Waals surface area contributed by atoms with Gasteiger partial charge in [-0.1, -0.05) is 36.7 Å². The van der Waals surface area contributed by atoms with Crippen LogP contribution in [0.1, 0.15) is 18.9 Å². The Morgan fingerprint density at radius 1 is 1.50 bits per heavy atom. The predicted molar refractivity (Wildman–Crippen MR) is 61.9 cm³/mol. The first kappa shape index (κ1) is 10.3. The van der Waals surface area contributed by atoms with Gasteiger partial charge in [0.1, 0.15) is 5.60 Å². The summed E-state index contributed by atoms with van der Waals surface area (Å²) in [5.41, 5.74) is 0.154. The average Bonchev–Trinajstić information content (AvgIpc) is 2.48. The molecule has 0 aliphatic carbocycles. The molecule has 0 saturated carbocycles. The van der Waals surface area contributed by atoms with Gasteiger partial charge in [0, 0.05) is 21.6 Å². The Labute approximate surface area is 93.5 Å².